The minimum absolute atomic E-state index is 0.0368. The molecule has 21 heavy (non-hydrogen) atoms. The molecule has 1 aromatic rings. The van der Waals surface area contributed by atoms with Crippen LogP contribution in [0.15, 0.2) is 24.3 Å². The molecule has 1 atom stereocenters. The first kappa shape index (κ1) is 16.2. The van der Waals surface area contributed by atoms with E-state index in [1.54, 1.807) is 18.2 Å². The highest BCUT2D eigenvalue weighted by atomic mass is 19.3. The van der Waals surface area contributed by atoms with Crippen LogP contribution in [-0.2, 0) is 9.31 Å². The van der Waals surface area contributed by atoms with E-state index in [0.717, 1.165) is 0 Å². The molecule has 0 bridgehead atoms. The molecule has 0 unspecified atom stereocenters. The molecule has 1 heterocycles. The lowest BCUT2D eigenvalue weighted by molar-refractivity contribution is -0.0505. The fraction of sp³-hybridized carbons (Fsp3) is 0.571. The lowest BCUT2D eigenvalue weighted by Crippen LogP contribution is -2.41. The highest BCUT2D eigenvalue weighted by Crippen LogP contribution is 2.40. The molecule has 1 aliphatic heterocycles. The second kappa shape index (κ2) is 5.55. The summed E-state index contributed by atoms with van der Waals surface area (Å²) >= 11 is 0. The van der Waals surface area contributed by atoms with Crippen molar-refractivity contribution in [2.24, 2.45) is 5.73 Å². The number of hydrogen-bond donors (Lipinski definition) is 1. The third-order valence-corrected chi connectivity index (χ3v) is 4.06. The summed E-state index contributed by atoms with van der Waals surface area (Å²) in [5.74, 6) is -0.685. The summed E-state index contributed by atoms with van der Waals surface area (Å²) < 4.78 is 41.1. The Bertz CT molecular complexity index is 495. The van der Waals surface area contributed by atoms with Gasteiger partial charge in [0.25, 0.3) is 0 Å². The van der Waals surface area contributed by atoms with E-state index in [4.69, 9.17) is 15.0 Å². The molecule has 0 amide bonds. The maximum atomic E-state index is 12.5. The SMILES string of the molecule is CC1(C)OB([C@@H](N)c2ccccc2OC(F)F)OC1(C)C. The van der Waals surface area contributed by atoms with Gasteiger partial charge in [0.05, 0.1) is 17.1 Å². The highest BCUT2D eigenvalue weighted by Gasteiger charge is 2.53. The van der Waals surface area contributed by atoms with Crippen LogP contribution in [0.25, 0.3) is 0 Å². The van der Waals surface area contributed by atoms with Crippen molar-refractivity contribution in [3.8, 4) is 5.75 Å². The van der Waals surface area contributed by atoms with Gasteiger partial charge in [-0.05, 0) is 33.8 Å². The van der Waals surface area contributed by atoms with E-state index in [1.807, 2.05) is 27.7 Å². The highest BCUT2D eigenvalue weighted by molar-refractivity contribution is 6.47. The Hall–Kier alpha value is -1.18. The number of ether oxygens (including phenoxy) is 1. The van der Waals surface area contributed by atoms with Crippen LogP contribution in [-0.4, -0.2) is 24.9 Å². The summed E-state index contributed by atoms with van der Waals surface area (Å²) in [5.41, 5.74) is 5.50. The predicted octanol–water partition coefficient (Wildman–Crippen LogP) is 2.92. The Labute approximate surface area is 123 Å². The first-order chi connectivity index (χ1) is 9.64. The number of rotatable bonds is 4. The first-order valence-corrected chi connectivity index (χ1v) is 6.79. The average Bonchev–Trinajstić information content (AvgIpc) is 2.57. The Balaban J connectivity index is 2.24. The van der Waals surface area contributed by atoms with Gasteiger partial charge in [0.2, 0.25) is 0 Å². The zero-order chi connectivity index (χ0) is 15.8. The van der Waals surface area contributed by atoms with Crippen LogP contribution in [0.2, 0.25) is 0 Å². The molecular formula is C14H20BF2NO3. The second-order valence-corrected chi connectivity index (χ2v) is 6.07. The molecule has 7 heteroatoms. The quantitative estimate of drug-likeness (QED) is 0.869. The Morgan fingerprint density at radius 1 is 1.10 bits per heavy atom. The number of hydrogen-bond acceptors (Lipinski definition) is 4. The van der Waals surface area contributed by atoms with E-state index < -0.39 is 30.9 Å². The zero-order valence-corrected chi connectivity index (χ0v) is 12.6. The summed E-state index contributed by atoms with van der Waals surface area (Å²) in [6.07, 6.45) is 0. The summed E-state index contributed by atoms with van der Waals surface area (Å²) in [4.78, 5) is 0. The van der Waals surface area contributed by atoms with Crippen molar-refractivity contribution in [1.29, 1.82) is 0 Å². The first-order valence-electron chi connectivity index (χ1n) is 6.79. The molecule has 1 aliphatic rings. The fourth-order valence-electron chi connectivity index (χ4n) is 2.14. The predicted molar refractivity (Wildman–Crippen MR) is 76.1 cm³/mol. The van der Waals surface area contributed by atoms with Crippen molar-refractivity contribution in [3.05, 3.63) is 29.8 Å². The smallest absolute Gasteiger partial charge is 0.435 e. The Morgan fingerprint density at radius 2 is 1.62 bits per heavy atom. The van der Waals surface area contributed by atoms with Crippen LogP contribution >= 0.6 is 0 Å². The summed E-state index contributed by atoms with van der Waals surface area (Å²) in [6, 6.07) is 6.40. The van der Waals surface area contributed by atoms with E-state index in [0.29, 0.717) is 5.56 Å². The monoisotopic (exact) mass is 299 g/mol. The Morgan fingerprint density at radius 3 is 2.14 bits per heavy atom. The van der Waals surface area contributed by atoms with Crippen molar-refractivity contribution in [2.45, 2.75) is 51.4 Å². The van der Waals surface area contributed by atoms with E-state index in [9.17, 15) is 8.78 Å². The number of alkyl halides is 2. The third-order valence-electron chi connectivity index (χ3n) is 4.06. The molecule has 1 saturated heterocycles. The lowest BCUT2D eigenvalue weighted by Gasteiger charge is -2.32. The molecule has 1 aromatic carbocycles. The molecule has 1 fully saturated rings. The van der Waals surface area contributed by atoms with Crippen LogP contribution in [0.3, 0.4) is 0 Å². The van der Waals surface area contributed by atoms with Gasteiger partial charge in [-0.2, -0.15) is 8.78 Å². The molecule has 0 spiro atoms. The lowest BCUT2D eigenvalue weighted by atomic mass is 9.74. The topological polar surface area (TPSA) is 53.7 Å². The van der Waals surface area contributed by atoms with Gasteiger partial charge in [-0.1, -0.05) is 18.2 Å². The van der Waals surface area contributed by atoms with Crippen LogP contribution in [0.5, 0.6) is 5.75 Å². The maximum absolute atomic E-state index is 12.5. The summed E-state index contributed by atoms with van der Waals surface area (Å²) in [6.45, 7) is 4.71. The number of nitrogens with two attached hydrogens (primary N) is 1. The molecule has 0 aliphatic carbocycles. The molecule has 2 N–H and O–H groups in total. The van der Waals surface area contributed by atoms with Crippen molar-refractivity contribution in [3.63, 3.8) is 0 Å². The summed E-state index contributed by atoms with van der Waals surface area (Å²) in [5, 5.41) is 0. The van der Waals surface area contributed by atoms with Crippen LogP contribution in [0.1, 0.15) is 39.2 Å². The zero-order valence-electron chi connectivity index (χ0n) is 12.6. The molecule has 2 rings (SSSR count). The third kappa shape index (κ3) is 3.20. The van der Waals surface area contributed by atoms with Gasteiger partial charge >= 0.3 is 13.7 Å². The number of para-hydroxylation sites is 1. The standard InChI is InChI=1S/C14H20BF2NO3/c1-13(2)14(3,4)21-15(20-13)11(18)9-7-5-6-8-10(9)19-12(16)17/h5-8,11-12H,18H2,1-4H3/t11-/m0/s1. The number of benzene rings is 1. The van der Waals surface area contributed by atoms with E-state index >= 15 is 0 Å². The van der Waals surface area contributed by atoms with Gasteiger partial charge < -0.3 is 19.8 Å². The molecule has 0 aromatic heterocycles. The van der Waals surface area contributed by atoms with Gasteiger partial charge in [-0.25, -0.2) is 0 Å². The van der Waals surface area contributed by atoms with Crippen molar-refractivity contribution >= 4 is 7.12 Å². The van der Waals surface area contributed by atoms with E-state index in [1.165, 1.54) is 6.07 Å². The largest absolute Gasteiger partial charge is 0.480 e. The maximum Gasteiger partial charge on any atom is 0.480 e. The summed E-state index contributed by atoms with van der Waals surface area (Å²) in [7, 11) is -0.725. The minimum Gasteiger partial charge on any atom is -0.435 e. The molecule has 0 saturated carbocycles. The fourth-order valence-corrected chi connectivity index (χ4v) is 2.14. The van der Waals surface area contributed by atoms with Gasteiger partial charge in [-0.15, -0.1) is 0 Å². The average molecular weight is 299 g/mol. The van der Waals surface area contributed by atoms with Gasteiger partial charge in [0.1, 0.15) is 5.75 Å². The molecule has 4 nitrogen and oxygen atoms in total. The van der Waals surface area contributed by atoms with Crippen molar-refractivity contribution in [2.75, 3.05) is 0 Å². The minimum atomic E-state index is -2.91. The van der Waals surface area contributed by atoms with E-state index in [2.05, 4.69) is 4.74 Å². The second-order valence-electron chi connectivity index (χ2n) is 6.07. The van der Waals surface area contributed by atoms with Crippen LogP contribution < -0.4 is 10.5 Å². The molecule has 116 valence electrons. The van der Waals surface area contributed by atoms with Crippen molar-refractivity contribution < 1.29 is 22.8 Å². The van der Waals surface area contributed by atoms with Gasteiger partial charge in [0.15, 0.2) is 0 Å². The van der Waals surface area contributed by atoms with Gasteiger partial charge in [0, 0.05) is 5.56 Å². The normalized spacial score (nSPS) is 21.6. The Kier molecular flexibility index (Phi) is 4.28. The molecular weight excluding hydrogens is 279 g/mol. The van der Waals surface area contributed by atoms with E-state index in [-0.39, 0.29) is 5.75 Å². The van der Waals surface area contributed by atoms with Crippen LogP contribution in [0.4, 0.5) is 8.78 Å². The van der Waals surface area contributed by atoms with Crippen molar-refractivity contribution in [1.82, 2.24) is 0 Å². The molecule has 0 radical (unpaired) electrons. The van der Waals surface area contributed by atoms with Gasteiger partial charge in [-0.3, -0.25) is 0 Å². The van der Waals surface area contributed by atoms with Crippen LogP contribution in [0, 0.1) is 0 Å². The number of halogens is 2.